The van der Waals surface area contributed by atoms with E-state index in [1.807, 2.05) is 0 Å². The number of nitrogens with one attached hydrogen (secondary N) is 1. The second-order valence-corrected chi connectivity index (χ2v) is 4.85. The lowest BCUT2D eigenvalue weighted by Crippen LogP contribution is -2.27. The predicted molar refractivity (Wildman–Crippen MR) is 73.4 cm³/mol. The van der Waals surface area contributed by atoms with Crippen LogP contribution in [0.5, 0.6) is 0 Å². The van der Waals surface area contributed by atoms with E-state index in [0.29, 0.717) is 6.04 Å². The number of hydrogen-bond acceptors (Lipinski definition) is 2. The van der Waals surface area contributed by atoms with E-state index in [-0.39, 0.29) is 6.10 Å². The smallest absolute Gasteiger partial charge is 0.0665 e. The predicted octanol–water partition coefficient (Wildman–Crippen LogP) is 3.38. The van der Waals surface area contributed by atoms with Gasteiger partial charge in [-0.2, -0.15) is 0 Å². The van der Waals surface area contributed by atoms with E-state index in [2.05, 4.69) is 58.1 Å². The SMILES string of the molecule is CCNC(COC(C)C)c1cc(C)ccc1C. The third-order valence-corrected chi connectivity index (χ3v) is 2.86. The number of benzene rings is 1. The van der Waals surface area contributed by atoms with Crippen molar-refractivity contribution in [3.05, 3.63) is 34.9 Å². The molecule has 0 aromatic heterocycles. The summed E-state index contributed by atoms with van der Waals surface area (Å²) >= 11 is 0. The Morgan fingerprint density at radius 2 is 1.94 bits per heavy atom. The molecule has 17 heavy (non-hydrogen) atoms. The molecule has 1 aromatic carbocycles. The largest absolute Gasteiger partial charge is 0.377 e. The molecule has 1 rings (SSSR count). The zero-order chi connectivity index (χ0) is 12.8. The van der Waals surface area contributed by atoms with Crippen LogP contribution in [0.2, 0.25) is 0 Å². The van der Waals surface area contributed by atoms with Gasteiger partial charge in [0, 0.05) is 0 Å². The molecule has 1 unspecified atom stereocenters. The van der Waals surface area contributed by atoms with E-state index in [1.165, 1.54) is 16.7 Å². The molecule has 1 aromatic rings. The first-order valence-electron chi connectivity index (χ1n) is 6.46. The van der Waals surface area contributed by atoms with Crippen molar-refractivity contribution in [3.8, 4) is 0 Å². The van der Waals surface area contributed by atoms with Crippen LogP contribution in [0.15, 0.2) is 18.2 Å². The Balaban J connectivity index is 2.84. The zero-order valence-electron chi connectivity index (χ0n) is 11.7. The fourth-order valence-corrected chi connectivity index (χ4v) is 1.93. The van der Waals surface area contributed by atoms with Gasteiger partial charge in [0.25, 0.3) is 0 Å². The Labute approximate surface area is 105 Å². The molecule has 0 saturated carbocycles. The summed E-state index contributed by atoms with van der Waals surface area (Å²) in [6.07, 6.45) is 0.279. The van der Waals surface area contributed by atoms with Crippen molar-refractivity contribution in [2.24, 2.45) is 0 Å². The van der Waals surface area contributed by atoms with E-state index >= 15 is 0 Å². The molecule has 0 heterocycles. The summed E-state index contributed by atoms with van der Waals surface area (Å²) in [7, 11) is 0. The Bertz CT molecular complexity index is 347. The highest BCUT2D eigenvalue weighted by molar-refractivity contribution is 5.33. The summed E-state index contributed by atoms with van der Waals surface area (Å²) in [5.74, 6) is 0. The first-order valence-corrected chi connectivity index (χ1v) is 6.46. The molecule has 0 aliphatic heterocycles. The number of rotatable bonds is 6. The summed E-state index contributed by atoms with van der Waals surface area (Å²) < 4.78 is 5.74. The quantitative estimate of drug-likeness (QED) is 0.816. The van der Waals surface area contributed by atoms with Crippen molar-refractivity contribution < 1.29 is 4.74 Å². The third kappa shape index (κ3) is 4.49. The summed E-state index contributed by atoms with van der Waals surface area (Å²) in [4.78, 5) is 0. The lowest BCUT2D eigenvalue weighted by Gasteiger charge is -2.22. The van der Waals surface area contributed by atoms with Crippen LogP contribution in [0.25, 0.3) is 0 Å². The first-order chi connectivity index (χ1) is 8.04. The highest BCUT2D eigenvalue weighted by atomic mass is 16.5. The van der Waals surface area contributed by atoms with E-state index in [0.717, 1.165) is 13.2 Å². The second kappa shape index (κ2) is 6.77. The molecule has 1 N–H and O–H groups in total. The van der Waals surface area contributed by atoms with Gasteiger partial charge in [-0.3, -0.25) is 0 Å². The first kappa shape index (κ1) is 14.2. The number of likely N-dealkylation sites (N-methyl/N-ethyl adjacent to an activating group) is 1. The molecular formula is C15H25NO. The molecule has 1 atom stereocenters. The number of ether oxygens (including phenoxy) is 1. The molecule has 0 amide bonds. The highest BCUT2D eigenvalue weighted by Gasteiger charge is 2.13. The van der Waals surface area contributed by atoms with Gasteiger partial charge in [0.05, 0.1) is 18.8 Å². The molecule has 0 bridgehead atoms. The molecule has 0 aliphatic rings. The molecule has 0 radical (unpaired) electrons. The monoisotopic (exact) mass is 235 g/mol. The van der Waals surface area contributed by atoms with Gasteiger partial charge >= 0.3 is 0 Å². The molecule has 0 spiro atoms. The van der Waals surface area contributed by atoms with Crippen LogP contribution in [0, 0.1) is 13.8 Å². The van der Waals surface area contributed by atoms with Crippen molar-refractivity contribution in [2.75, 3.05) is 13.2 Å². The van der Waals surface area contributed by atoms with Crippen LogP contribution in [-0.4, -0.2) is 19.3 Å². The minimum atomic E-state index is 0.279. The molecule has 0 aliphatic carbocycles. The Morgan fingerprint density at radius 3 is 2.53 bits per heavy atom. The highest BCUT2D eigenvalue weighted by Crippen LogP contribution is 2.20. The van der Waals surface area contributed by atoms with Crippen LogP contribution >= 0.6 is 0 Å². The molecule has 96 valence electrons. The summed E-state index contributed by atoms with van der Waals surface area (Å²) in [5, 5.41) is 3.50. The van der Waals surface area contributed by atoms with Crippen LogP contribution in [0.4, 0.5) is 0 Å². The third-order valence-electron chi connectivity index (χ3n) is 2.86. The minimum absolute atomic E-state index is 0.279. The average molecular weight is 235 g/mol. The van der Waals surface area contributed by atoms with Gasteiger partial charge in [-0.15, -0.1) is 0 Å². The second-order valence-electron chi connectivity index (χ2n) is 4.85. The van der Waals surface area contributed by atoms with Gasteiger partial charge in [0.15, 0.2) is 0 Å². The molecule has 0 saturated heterocycles. The molecular weight excluding hydrogens is 210 g/mol. The molecule has 2 nitrogen and oxygen atoms in total. The Hall–Kier alpha value is -0.860. The maximum atomic E-state index is 5.74. The Kier molecular flexibility index (Phi) is 5.66. The van der Waals surface area contributed by atoms with Crippen LogP contribution in [0.1, 0.15) is 43.5 Å². The van der Waals surface area contributed by atoms with Crippen LogP contribution in [-0.2, 0) is 4.74 Å². The lowest BCUT2D eigenvalue weighted by molar-refractivity contribution is 0.0613. The van der Waals surface area contributed by atoms with Gasteiger partial charge in [-0.05, 0) is 45.4 Å². The van der Waals surface area contributed by atoms with Crippen molar-refractivity contribution in [1.29, 1.82) is 0 Å². The van der Waals surface area contributed by atoms with Gasteiger partial charge in [-0.25, -0.2) is 0 Å². The van der Waals surface area contributed by atoms with Crippen molar-refractivity contribution in [2.45, 2.75) is 46.8 Å². The lowest BCUT2D eigenvalue weighted by atomic mass is 9.99. The minimum Gasteiger partial charge on any atom is -0.377 e. The van der Waals surface area contributed by atoms with E-state index in [9.17, 15) is 0 Å². The molecule has 2 heteroatoms. The van der Waals surface area contributed by atoms with Crippen LogP contribution in [0.3, 0.4) is 0 Å². The van der Waals surface area contributed by atoms with E-state index in [1.54, 1.807) is 0 Å². The zero-order valence-corrected chi connectivity index (χ0v) is 11.7. The van der Waals surface area contributed by atoms with Gasteiger partial charge in [0.2, 0.25) is 0 Å². The molecule has 0 fully saturated rings. The normalized spacial score (nSPS) is 13.1. The maximum absolute atomic E-state index is 5.74. The van der Waals surface area contributed by atoms with Crippen molar-refractivity contribution in [3.63, 3.8) is 0 Å². The van der Waals surface area contributed by atoms with E-state index < -0.39 is 0 Å². The number of aryl methyl sites for hydroxylation is 2. The summed E-state index contributed by atoms with van der Waals surface area (Å²) in [5.41, 5.74) is 3.99. The van der Waals surface area contributed by atoms with Gasteiger partial charge in [-0.1, -0.05) is 30.7 Å². The summed E-state index contributed by atoms with van der Waals surface area (Å²) in [6.45, 7) is 12.3. The fourth-order valence-electron chi connectivity index (χ4n) is 1.93. The van der Waals surface area contributed by atoms with Crippen LogP contribution < -0.4 is 5.32 Å². The van der Waals surface area contributed by atoms with Gasteiger partial charge in [0.1, 0.15) is 0 Å². The maximum Gasteiger partial charge on any atom is 0.0665 e. The Morgan fingerprint density at radius 1 is 1.24 bits per heavy atom. The fraction of sp³-hybridized carbons (Fsp3) is 0.600. The topological polar surface area (TPSA) is 21.3 Å². The van der Waals surface area contributed by atoms with Gasteiger partial charge < -0.3 is 10.1 Å². The van der Waals surface area contributed by atoms with E-state index in [4.69, 9.17) is 4.74 Å². The standard InChI is InChI=1S/C15H25NO/c1-6-16-15(10-17-11(2)3)14-9-12(4)7-8-13(14)5/h7-9,11,15-16H,6,10H2,1-5H3. The average Bonchev–Trinajstić information content (AvgIpc) is 2.27. The summed E-state index contributed by atoms with van der Waals surface area (Å²) in [6, 6.07) is 6.89. The van der Waals surface area contributed by atoms with Crippen molar-refractivity contribution >= 4 is 0 Å². The number of hydrogen-bond donors (Lipinski definition) is 1. The van der Waals surface area contributed by atoms with Crippen molar-refractivity contribution in [1.82, 2.24) is 5.32 Å².